The lowest BCUT2D eigenvalue weighted by atomic mass is 10.2. The Morgan fingerprint density at radius 3 is 2.43 bits per heavy atom. The smallest absolute Gasteiger partial charge is 0.266 e. The van der Waals surface area contributed by atoms with E-state index in [9.17, 15) is 9.18 Å². The molecule has 0 radical (unpaired) electrons. The summed E-state index contributed by atoms with van der Waals surface area (Å²) < 4.78 is 13.4. The van der Waals surface area contributed by atoms with Gasteiger partial charge in [-0.25, -0.2) is 9.38 Å². The quantitative estimate of drug-likeness (QED) is 0.403. The average Bonchev–Trinajstić information content (AvgIpc) is 3.04. The molecule has 1 heterocycles. The summed E-state index contributed by atoms with van der Waals surface area (Å²) in [6.45, 7) is 0. The number of anilines is 1. The number of carbonyl (C=O) groups is 1. The van der Waals surface area contributed by atoms with E-state index < -0.39 is 0 Å². The summed E-state index contributed by atoms with van der Waals surface area (Å²) in [7, 11) is 0. The molecule has 0 bridgehead atoms. The number of amides is 1. The Hall–Kier alpha value is -2.60. The number of hydrogen-bond donors (Lipinski definition) is 0. The zero-order valence-electron chi connectivity index (χ0n) is 15.6. The van der Waals surface area contributed by atoms with E-state index in [1.54, 1.807) is 30.3 Å². The van der Waals surface area contributed by atoms with Crippen molar-refractivity contribution >= 4 is 57.8 Å². The maximum Gasteiger partial charge on any atom is 0.283 e. The van der Waals surface area contributed by atoms with E-state index in [0.717, 1.165) is 11.1 Å². The van der Waals surface area contributed by atoms with Crippen LogP contribution in [0.4, 0.5) is 10.1 Å². The van der Waals surface area contributed by atoms with Gasteiger partial charge in [0.15, 0.2) is 5.17 Å². The van der Waals surface area contributed by atoms with Gasteiger partial charge in [0.1, 0.15) is 11.5 Å². The lowest BCUT2D eigenvalue weighted by Crippen LogP contribution is -2.30. The predicted molar refractivity (Wildman–Crippen MR) is 123 cm³/mol. The van der Waals surface area contributed by atoms with E-state index >= 15 is 0 Å². The highest BCUT2D eigenvalue weighted by Gasteiger charge is 2.32. The third-order valence-corrected chi connectivity index (χ3v) is 5.96. The summed E-state index contributed by atoms with van der Waals surface area (Å²) in [5.41, 5.74) is 2.61. The minimum Gasteiger partial charge on any atom is -0.266 e. The molecule has 30 heavy (non-hydrogen) atoms. The number of benzene rings is 3. The summed E-state index contributed by atoms with van der Waals surface area (Å²) in [6, 6.07) is 20.5. The summed E-state index contributed by atoms with van der Waals surface area (Å²) >= 11 is 13.6. The molecule has 0 saturated heterocycles. The van der Waals surface area contributed by atoms with Gasteiger partial charge in [-0.2, -0.15) is 0 Å². The Morgan fingerprint density at radius 1 is 1.00 bits per heavy atom. The second-order valence-electron chi connectivity index (χ2n) is 6.48. The van der Waals surface area contributed by atoms with E-state index in [4.69, 9.17) is 23.2 Å². The lowest BCUT2D eigenvalue weighted by Gasteiger charge is -2.18. The van der Waals surface area contributed by atoms with E-state index in [1.807, 2.05) is 36.4 Å². The van der Waals surface area contributed by atoms with Crippen molar-refractivity contribution in [3.05, 3.63) is 105 Å². The van der Waals surface area contributed by atoms with Crippen molar-refractivity contribution in [1.29, 1.82) is 0 Å². The molecule has 0 atom stereocenters. The first-order valence-electron chi connectivity index (χ1n) is 9.03. The highest BCUT2D eigenvalue weighted by Crippen LogP contribution is 2.32. The molecule has 0 unspecified atom stereocenters. The first-order valence-corrected chi connectivity index (χ1v) is 10.8. The van der Waals surface area contributed by atoms with Crippen LogP contribution >= 0.6 is 35.0 Å². The highest BCUT2D eigenvalue weighted by atomic mass is 35.5. The van der Waals surface area contributed by atoms with Gasteiger partial charge in [-0.1, -0.05) is 71.4 Å². The number of nitrogens with zero attached hydrogens (tertiary/aromatic N) is 2. The van der Waals surface area contributed by atoms with Gasteiger partial charge in [0.25, 0.3) is 5.91 Å². The minimum absolute atomic E-state index is 0.268. The van der Waals surface area contributed by atoms with Crippen LogP contribution in [0.3, 0.4) is 0 Å². The molecular weight excluding hydrogens is 442 g/mol. The van der Waals surface area contributed by atoms with Crippen molar-refractivity contribution in [3.8, 4) is 0 Å². The fraction of sp³-hybridized carbons (Fsp3) is 0.0435. The van der Waals surface area contributed by atoms with Crippen LogP contribution in [0.15, 0.2) is 83.5 Å². The van der Waals surface area contributed by atoms with Crippen LogP contribution in [0.25, 0.3) is 6.08 Å². The number of amidine groups is 1. The Balaban J connectivity index is 1.66. The number of aliphatic imine (C=N–C) groups is 1. The van der Waals surface area contributed by atoms with Crippen LogP contribution in [0.5, 0.6) is 0 Å². The maximum absolute atomic E-state index is 13.4. The fourth-order valence-corrected chi connectivity index (χ4v) is 4.47. The monoisotopic (exact) mass is 456 g/mol. The van der Waals surface area contributed by atoms with Crippen molar-refractivity contribution < 1.29 is 9.18 Å². The number of carbonyl (C=O) groups excluding carboxylic acids is 1. The topological polar surface area (TPSA) is 32.7 Å². The third-order valence-electron chi connectivity index (χ3n) is 4.39. The molecule has 0 aliphatic carbocycles. The number of hydrogen-bond acceptors (Lipinski definition) is 3. The van der Waals surface area contributed by atoms with Gasteiger partial charge < -0.3 is 0 Å². The zero-order valence-corrected chi connectivity index (χ0v) is 17.9. The molecule has 0 spiro atoms. The lowest BCUT2D eigenvalue weighted by molar-refractivity contribution is -0.113. The van der Waals surface area contributed by atoms with Gasteiger partial charge in [0.2, 0.25) is 0 Å². The summed E-state index contributed by atoms with van der Waals surface area (Å²) in [6.07, 6.45) is 1.74. The van der Waals surface area contributed by atoms with Crippen LogP contribution in [0.1, 0.15) is 11.1 Å². The first-order chi connectivity index (χ1) is 14.5. The fourth-order valence-electron chi connectivity index (χ4n) is 2.90. The normalized spacial score (nSPS) is 15.0. The maximum atomic E-state index is 13.4. The Labute approximate surface area is 187 Å². The third kappa shape index (κ3) is 4.59. The summed E-state index contributed by atoms with van der Waals surface area (Å²) in [5.74, 6) is -0.141. The first kappa shape index (κ1) is 20.7. The van der Waals surface area contributed by atoms with Crippen molar-refractivity contribution in [2.24, 2.45) is 4.99 Å². The molecule has 0 fully saturated rings. The van der Waals surface area contributed by atoms with E-state index in [1.165, 1.54) is 28.8 Å². The summed E-state index contributed by atoms with van der Waals surface area (Å²) in [4.78, 5) is 19.2. The zero-order chi connectivity index (χ0) is 21.1. The van der Waals surface area contributed by atoms with Gasteiger partial charge >= 0.3 is 0 Å². The van der Waals surface area contributed by atoms with Crippen molar-refractivity contribution in [2.45, 2.75) is 5.75 Å². The molecule has 150 valence electrons. The molecule has 0 N–H and O–H groups in total. The molecular formula is C23H15Cl2FN2OS. The minimum atomic E-state index is -0.371. The predicted octanol–water partition coefficient (Wildman–Crippen LogP) is 6.81. The molecule has 7 heteroatoms. The van der Waals surface area contributed by atoms with Crippen molar-refractivity contribution in [3.63, 3.8) is 0 Å². The van der Waals surface area contributed by atoms with Gasteiger partial charge in [-0.15, -0.1) is 0 Å². The number of thioether (sulfide) groups is 1. The average molecular weight is 457 g/mol. The standard InChI is InChI=1S/C23H15Cl2FN2OS/c24-17-7-6-16(20(25)13-17)14-30-23-27-21(12-15-4-2-1-3-5-15)22(29)28(23)19-10-8-18(26)9-11-19/h1-13H,14H2. The van der Waals surface area contributed by atoms with Gasteiger partial charge in [-0.3, -0.25) is 9.69 Å². The molecule has 1 aliphatic heterocycles. The van der Waals surface area contributed by atoms with Gasteiger partial charge in [0, 0.05) is 15.8 Å². The van der Waals surface area contributed by atoms with Crippen LogP contribution in [0.2, 0.25) is 10.0 Å². The van der Waals surface area contributed by atoms with Crippen LogP contribution < -0.4 is 4.90 Å². The molecule has 3 aromatic carbocycles. The largest absolute Gasteiger partial charge is 0.283 e. The molecule has 3 aromatic rings. The Kier molecular flexibility index (Phi) is 6.23. The van der Waals surface area contributed by atoms with E-state index in [0.29, 0.717) is 32.4 Å². The Morgan fingerprint density at radius 2 is 1.73 bits per heavy atom. The summed E-state index contributed by atoms with van der Waals surface area (Å²) in [5, 5.41) is 1.61. The second-order valence-corrected chi connectivity index (χ2v) is 8.26. The van der Waals surface area contributed by atoms with Crippen LogP contribution in [-0.4, -0.2) is 11.1 Å². The Bertz CT molecular complexity index is 1150. The molecule has 0 saturated carbocycles. The van der Waals surface area contributed by atoms with Crippen molar-refractivity contribution in [1.82, 2.24) is 0 Å². The highest BCUT2D eigenvalue weighted by molar-refractivity contribution is 8.13. The van der Waals surface area contributed by atoms with Crippen LogP contribution in [0, 0.1) is 5.82 Å². The SMILES string of the molecule is O=C1C(=Cc2ccccc2)N=C(SCc2ccc(Cl)cc2Cl)N1c1ccc(F)cc1. The van der Waals surface area contributed by atoms with E-state index in [2.05, 4.69) is 4.99 Å². The molecule has 1 amide bonds. The van der Waals surface area contributed by atoms with Gasteiger partial charge in [0.05, 0.1) is 5.69 Å². The molecule has 0 aromatic heterocycles. The number of rotatable bonds is 4. The van der Waals surface area contributed by atoms with Gasteiger partial charge in [-0.05, 0) is 53.6 Å². The van der Waals surface area contributed by atoms with Crippen LogP contribution in [-0.2, 0) is 10.5 Å². The second kappa shape index (κ2) is 9.04. The number of halogens is 3. The van der Waals surface area contributed by atoms with Crippen molar-refractivity contribution in [2.75, 3.05) is 4.90 Å². The van der Waals surface area contributed by atoms with E-state index in [-0.39, 0.29) is 11.7 Å². The molecule has 1 aliphatic rings. The molecule has 3 nitrogen and oxygen atoms in total. The molecule has 4 rings (SSSR count).